The molecule has 2 rings (SSSR count). The van der Waals surface area contributed by atoms with Crippen LogP contribution in [0.4, 0.5) is 0 Å². The summed E-state index contributed by atoms with van der Waals surface area (Å²) in [6, 6.07) is 1.38. The molecule has 0 radical (unpaired) electrons. The van der Waals surface area contributed by atoms with E-state index in [1.54, 1.807) is 26.0 Å². The number of Topliss-reactive ketones (excluding diaryl/α,β-unsaturated/α-hetero) is 1. The summed E-state index contributed by atoms with van der Waals surface area (Å²) >= 11 is 0. The summed E-state index contributed by atoms with van der Waals surface area (Å²) in [6.07, 6.45) is 3.51. The lowest BCUT2D eigenvalue weighted by Crippen LogP contribution is -2.27. The molecule has 0 aromatic heterocycles. The SMILES string of the molecule is CC(C)C(=O)c1c(O)cc2c(c1O)C=CC(C)(C)O2. The number of aromatic hydroxyl groups is 2. The van der Waals surface area contributed by atoms with Gasteiger partial charge in [-0.2, -0.15) is 0 Å². The van der Waals surface area contributed by atoms with E-state index >= 15 is 0 Å². The third-order valence-corrected chi connectivity index (χ3v) is 3.08. The summed E-state index contributed by atoms with van der Waals surface area (Å²) in [5.41, 5.74) is -0.113. The molecule has 1 aliphatic rings. The lowest BCUT2D eigenvalue weighted by Gasteiger charge is -2.28. The smallest absolute Gasteiger partial charge is 0.172 e. The Labute approximate surface area is 112 Å². The van der Waals surface area contributed by atoms with E-state index in [1.165, 1.54) is 6.07 Å². The minimum absolute atomic E-state index is 0.0401. The Morgan fingerprint density at radius 2 is 1.95 bits per heavy atom. The third-order valence-electron chi connectivity index (χ3n) is 3.08. The Morgan fingerprint density at radius 1 is 1.32 bits per heavy atom. The first-order valence-electron chi connectivity index (χ1n) is 6.24. The molecule has 4 nitrogen and oxygen atoms in total. The van der Waals surface area contributed by atoms with Gasteiger partial charge in [0, 0.05) is 12.0 Å². The first-order valence-corrected chi connectivity index (χ1v) is 6.24. The Bertz CT molecular complexity index is 568. The second kappa shape index (κ2) is 4.30. The zero-order chi connectivity index (χ0) is 14.4. The molecule has 0 saturated carbocycles. The Balaban J connectivity index is 2.61. The van der Waals surface area contributed by atoms with Gasteiger partial charge in [0.25, 0.3) is 0 Å². The summed E-state index contributed by atoms with van der Waals surface area (Å²) < 4.78 is 5.66. The molecule has 0 saturated heterocycles. The van der Waals surface area contributed by atoms with Crippen molar-refractivity contribution in [2.45, 2.75) is 33.3 Å². The van der Waals surface area contributed by atoms with Crippen LogP contribution in [-0.4, -0.2) is 21.6 Å². The number of phenols is 2. The van der Waals surface area contributed by atoms with E-state index in [0.717, 1.165) is 0 Å². The molecule has 102 valence electrons. The molecule has 0 bridgehead atoms. The van der Waals surface area contributed by atoms with Crippen molar-refractivity contribution in [2.75, 3.05) is 0 Å². The normalized spacial score (nSPS) is 16.1. The molecule has 0 fully saturated rings. The average molecular weight is 262 g/mol. The molecule has 0 unspecified atom stereocenters. The fourth-order valence-corrected chi connectivity index (χ4v) is 2.03. The minimum Gasteiger partial charge on any atom is -0.507 e. The van der Waals surface area contributed by atoms with Gasteiger partial charge in [0.1, 0.15) is 28.4 Å². The highest BCUT2D eigenvalue weighted by molar-refractivity contribution is 6.03. The van der Waals surface area contributed by atoms with Gasteiger partial charge in [-0.05, 0) is 26.0 Å². The molecule has 19 heavy (non-hydrogen) atoms. The molecule has 1 aromatic rings. The van der Waals surface area contributed by atoms with Crippen LogP contribution in [0.3, 0.4) is 0 Å². The first kappa shape index (κ1) is 13.5. The lowest BCUT2D eigenvalue weighted by atomic mass is 9.94. The maximum Gasteiger partial charge on any atom is 0.172 e. The van der Waals surface area contributed by atoms with Crippen LogP contribution in [0, 0.1) is 5.92 Å². The first-order chi connectivity index (χ1) is 8.73. The van der Waals surface area contributed by atoms with Crippen LogP contribution in [-0.2, 0) is 0 Å². The molecular formula is C15H18O4. The molecule has 1 aromatic carbocycles. The predicted octanol–water partition coefficient (Wildman–Crippen LogP) is 3.12. The van der Waals surface area contributed by atoms with Gasteiger partial charge in [-0.3, -0.25) is 4.79 Å². The van der Waals surface area contributed by atoms with Crippen molar-refractivity contribution in [3.8, 4) is 17.2 Å². The van der Waals surface area contributed by atoms with Gasteiger partial charge in [0.05, 0.1) is 5.56 Å². The van der Waals surface area contributed by atoms with Crippen molar-refractivity contribution in [1.82, 2.24) is 0 Å². The average Bonchev–Trinajstić information content (AvgIpc) is 2.26. The summed E-state index contributed by atoms with van der Waals surface area (Å²) in [5.74, 6) is -0.694. The fourth-order valence-electron chi connectivity index (χ4n) is 2.03. The largest absolute Gasteiger partial charge is 0.507 e. The second-order valence-electron chi connectivity index (χ2n) is 5.59. The monoisotopic (exact) mass is 262 g/mol. The van der Waals surface area contributed by atoms with Gasteiger partial charge in [-0.25, -0.2) is 0 Å². The lowest BCUT2D eigenvalue weighted by molar-refractivity contribution is 0.0933. The van der Waals surface area contributed by atoms with Gasteiger partial charge in [-0.1, -0.05) is 13.8 Å². The predicted molar refractivity (Wildman–Crippen MR) is 72.7 cm³/mol. The molecule has 2 N–H and O–H groups in total. The van der Waals surface area contributed by atoms with Crippen molar-refractivity contribution in [2.24, 2.45) is 5.92 Å². The minimum atomic E-state index is -0.505. The van der Waals surface area contributed by atoms with Crippen LogP contribution >= 0.6 is 0 Å². The molecule has 4 heteroatoms. The van der Waals surface area contributed by atoms with Crippen molar-refractivity contribution < 1.29 is 19.7 Å². The van der Waals surface area contributed by atoms with E-state index in [4.69, 9.17) is 4.74 Å². The van der Waals surface area contributed by atoms with E-state index < -0.39 is 5.60 Å². The Kier molecular flexibility index (Phi) is 3.04. The Morgan fingerprint density at radius 3 is 2.53 bits per heavy atom. The van der Waals surface area contributed by atoms with Crippen LogP contribution in [0.15, 0.2) is 12.1 Å². The highest BCUT2D eigenvalue weighted by Gasteiger charge is 2.29. The highest BCUT2D eigenvalue weighted by atomic mass is 16.5. The maximum atomic E-state index is 12.0. The number of rotatable bonds is 2. The Hall–Kier alpha value is -1.97. The topological polar surface area (TPSA) is 66.8 Å². The van der Waals surface area contributed by atoms with Crippen LogP contribution < -0.4 is 4.74 Å². The number of hydrogen-bond donors (Lipinski definition) is 2. The van der Waals surface area contributed by atoms with Crippen molar-refractivity contribution >= 4 is 11.9 Å². The van der Waals surface area contributed by atoms with Gasteiger partial charge < -0.3 is 14.9 Å². The number of carbonyl (C=O) groups excluding carboxylic acids is 1. The van der Waals surface area contributed by atoms with Crippen LogP contribution in [0.2, 0.25) is 0 Å². The van der Waals surface area contributed by atoms with Gasteiger partial charge in [0.2, 0.25) is 0 Å². The van der Waals surface area contributed by atoms with Crippen LogP contribution in [0.25, 0.3) is 6.08 Å². The number of carbonyl (C=O) groups is 1. The fraction of sp³-hybridized carbons (Fsp3) is 0.400. The molecule has 0 amide bonds. The quantitative estimate of drug-likeness (QED) is 0.804. The molecule has 0 spiro atoms. The number of ketones is 1. The molecule has 1 heterocycles. The summed E-state index contributed by atoms with van der Waals surface area (Å²) in [6.45, 7) is 7.17. The van der Waals surface area contributed by atoms with Crippen LogP contribution in [0.5, 0.6) is 17.2 Å². The van der Waals surface area contributed by atoms with E-state index in [1.807, 2.05) is 13.8 Å². The molecule has 1 aliphatic heterocycles. The molecule has 0 aliphatic carbocycles. The molecule has 0 atom stereocenters. The number of hydrogen-bond acceptors (Lipinski definition) is 4. The summed E-state index contributed by atoms with van der Waals surface area (Å²) in [7, 11) is 0. The van der Waals surface area contributed by atoms with Crippen molar-refractivity contribution in [1.29, 1.82) is 0 Å². The number of ether oxygens (including phenoxy) is 1. The van der Waals surface area contributed by atoms with E-state index in [2.05, 4.69) is 0 Å². The highest BCUT2D eigenvalue weighted by Crippen LogP contribution is 2.43. The second-order valence-corrected chi connectivity index (χ2v) is 5.59. The van der Waals surface area contributed by atoms with Crippen LogP contribution in [0.1, 0.15) is 43.6 Å². The maximum absolute atomic E-state index is 12.0. The molecular weight excluding hydrogens is 244 g/mol. The number of benzene rings is 1. The van der Waals surface area contributed by atoms with E-state index in [9.17, 15) is 15.0 Å². The van der Waals surface area contributed by atoms with Gasteiger partial charge >= 0.3 is 0 Å². The number of phenolic OH excluding ortho intramolecular Hbond substituents is 2. The summed E-state index contributed by atoms with van der Waals surface area (Å²) in [4.78, 5) is 12.0. The standard InChI is InChI=1S/C15H18O4/c1-8(2)13(17)12-10(16)7-11-9(14(12)18)5-6-15(3,4)19-11/h5-8,16,18H,1-4H3. The van der Waals surface area contributed by atoms with E-state index in [0.29, 0.717) is 11.3 Å². The van der Waals surface area contributed by atoms with Crippen molar-refractivity contribution in [3.63, 3.8) is 0 Å². The summed E-state index contributed by atoms with van der Waals surface area (Å²) in [5, 5.41) is 20.1. The zero-order valence-corrected chi connectivity index (χ0v) is 11.5. The van der Waals surface area contributed by atoms with Gasteiger partial charge in [0.15, 0.2) is 5.78 Å². The van der Waals surface area contributed by atoms with Gasteiger partial charge in [-0.15, -0.1) is 0 Å². The zero-order valence-electron chi connectivity index (χ0n) is 11.5. The number of fused-ring (bicyclic) bond motifs is 1. The third kappa shape index (κ3) is 2.30. The van der Waals surface area contributed by atoms with E-state index in [-0.39, 0.29) is 28.8 Å². The van der Waals surface area contributed by atoms with Crippen molar-refractivity contribution in [3.05, 3.63) is 23.3 Å².